The summed E-state index contributed by atoms with van der Waals surface area (Å²) in [5, 5.41) is 5.36. The Morgan fingerprint density at radius 3 is 2.16 bits per heavy atom. The van der Waals surface area contributed by atoms with Gasteiger partial charge in [-0.2, -0.15) is 0 Å². The first-order valence-electron chi connectivity index (χ1n) is 12.9. The minimum Gasteiger partial charge on any atom is -0.459 e. The molecular weight excluding hydrogens is 486 g/mol. The molecule has 0 unspecified atom stereocenters. The summed E-state index contributed by atoms with van der Waals surface area (Å²) in [7, 11) is 0. The normalized spacial score (nSPS) is 16.7. The molecule has 3 atom stereocenters. The highest BCUT2D eigenvalue weighted by Gasteiger charge is 2.38. The molecule has 1 saturated heterocycles. The number of hydrogen-bond acceptors (Lipinski definition) is 6. The van der Waals surface area contributed by atoms with Gasteiger partial charge in [-0.05, 0) is 51.7 Å². The van der Waals surface area contributed by atoms with Crippen LogP contribution >= 0.6 is 0 Å². The molecule has 9 nitrogen and oxygen atoms in total. The second kappa shape index (κ2) is 13.1. The van der Waals surface area contributed by atoms with Crippen molar-refractivity contribution in [1.82, 2.24) is 15.5 Å². The molecule has 0 saturated carbocycles. The van der Waals surface area contributed by atoms with Gasteiger partial charge in [-0.1, -0.05) is 60.7 Å². The van der Waals surface area contributed by atoms with Crippen LogP contribution in [-0.4, -0.2) is 59.0 Å². The Balaban J connectivity index is 1.66. The number of likely N-dealkylation sites (tertiary alicyclic amines) is 1. The minimum atomic E-state index is -0.927. The van der Waals surface area contributed by atoms with Crippen LogP contribution in [0.1, 0.15) is 51.7 Å². The van der Waals surface area contributed by atoms with Gasteiger partial charge >= 0.3 is 12.1 Å². The zero-order chi connectivity index (χ0) is 27.7. The van der Waals surface area contributed by atoms with Crippen molar-refractivity contribution in [2.75, 3.05) is 6.54 Å². The molecule has 1 aliphatic rings. The van der Waals surface area contributed by atoms with E-state index in [-0.39, 0.29) is 18.9 Å². The van der Waals surface area contributed by atoms with Crippen LogP contribution in [0.25, 0.3) is 0 Å². The number of benzene rings is 2. The Labute approximate surface area is 223 Å². The number of carbonyl (C=O) groups excluding carboxylic acids is 4. The van der Waals surface area contributed by atoms with E-state index in [1.165, 1.54) is 4.90 Å². The van der Waals surface area contributed by atoms with Crippen molar-refractivity contribution < 1.29 is 28.7 Å². The van der Waals surface area contributed by atoms with E-state index in [2.05, 4.69) is 10.6 Å². The molecule has 3 rings (SSSR count). The van der Waals surface area contributed by atoms with Crippen molar-refractivity contribution >= 4 is 23.9 Å². The number of rotatable bonds is 9. The Morgan fingerprint density at radius 2 is 1.55 bits per heavy atom. The minimum absolute atomic E-state index is 0.0860. The topological polar surface area (TPSA) is 114 Å². The van der Waals surface area contributed by atoms with Crippen molar-refractivity contribution in [3.05, 3.63) is 71.8 Å². The molecule has 2 aromatic rings. The van der Waals surface area contributed by atoms with E-state index in [0.29, 0.717) is 19.4 Å². The van der Waals surface area contributed by atoms with Crippen LogP contribution < -0.4 is 10.6 Å². The first kappa shape index (κ1) is 28.7. The molecule has 0 spiro atoms. The van der Waals surface area contributed by atoms with Crippen molar-refractivity contribution in [2.24, 2.45) is 0 Å². The summed E-state index contributed by atoms with van der Waals surface area (Å²) in [4.78, 5) is 53.1. The predicted molar refractivity (Wildman–Crippen MR) is 142 cm³/mol. The molecule has 0 bridgehead atoms. The third-order valence-corrected chi connectivity index (χ3v) is 6.05. The largest absolute Gasteiger partial charge is 0.459 e. The fourth-order valence-electron chi connectivity index (χ4n) is 4.24. The fraction of sp³-hybridized carbons (Fsp3) is 0.448. The Hall–Kier alpha value is -3.88. The summed E-state index contributed by atoms with van der Waals surface area (Å²) in [6.45, 7) is 7.21. The number of amides is 3. The molecule has 38 heavy (non-hydrogen) atoms. The molecule has 1 fully saturated rings. The zero-order valence-corrected chi connectivity index (χ0v) is 22.4. The van der Waals surface area contributed by atoms with Crippen LogP contribution in [0.2, 0.25) is 0 Å². The van der Waals surface area contributed by atoms with Gasteiger partial charge in [-0.15, -0.1) is 0 Å². The van der Waals surface area contributed by atoms with Gasteiger partial charge in [0.15, 0.2) is 0 Å². The monoisotopic (exact) mass is 523 g/mol. The Kier molecular flexibility index (Phi) is 9.87. The first-order valence-corrected chi connectivity index (χ1v) is 12.9. The van der Waals surface area contributed by atoms with E-state index in [9.17, 15) is 19.2 Å². The van der Waals surface area contributed by atoms with Gasteiger partial charge in [-0.25, -0.2) is 9.59 Å². The average Bonchev–Trinajstić information content (AvgIpc) is 3.36. The van der Waals surface area contributed by atoms with Crippen molar-refractivity contribution in [2.45, 2.75) is 77.3 Å². The third-order valence-electron chi connectivity index (χ3n) is 6.05. The van der Waals surface area contributed by atoms with Gasteiger partial charge in [0.05, 0.1) is 0 Å². The van der Waals surface area contributed by atoms with Crippen LogP contribution in [0.5, 0.6) is 0 Å². The summed E-state index contributed by atoms with van der Waals surface area (Å²) < 4.78 is 10.8. The number of alkyl carbamates (subject to hydrolysis) is 1. The van der Waals surface area contributed by atoms with Crippen LogP contribution in [-0.2, 0) is 36.9 Å². The number of nitrogens with one attached hydrogen (secondary N) is 2. The lowest BCUT2D eigenvalue weighted by molar-refractivity contribution is -0.150. The third kappa shape index (κ3) is 8.61. The van der Waals surface area contributed by atoms with Crippen LogP contribution in [0.15, 0.2) is 60.7 Å². The number of esters is 1. The predicted octanol–water partition coefficient (Wildman–Crippen LogP) is 3.36. The van der Waals surface area contributed by atoms with E-state index < -0.39 is 41.7 Å². The molecule has 2 N–H and O–H groups in total. The molecule has 0 aliphatic carbocycles. The van der Waals surface area contributed by atoms with Crippen molar-refractivity contribution in [3.8, 4) is 0 Å². The molecule has 1 heterocycles. The van der Waals surface area contributed by atoms with Gasteiger partial charge in [0.25, 0.3) is 0 Å². The van der Waals surface area contributed by atoms with Crippen LogP contribution in [0, 0.1) is 0 Å². The molecule has 204 valence electrons. The lowest BCUT2D eigenvalue weighted by atomic mass is 10.0. The van der Waals surface area contributed by atoms with E-state index in [1.54, 1.807) is 27.7 Å². The van der Waals surface area contributed by atoms with Gasteiger partial charge in [0.1, 0.15) is 30.3 Å². The Morgan fingerprint density at radius 1 is 0.947 bits per heavy atom. The maximum atomic E-state index is 13.3. The van der Waals surface area contributed by atoms with Crippen molar-refractivity contribution in [1.29, 1.82) is 0 Å². The highest BCUT2D eigenvalue weighted by atomic mass is 16.6. The summed E-state index contributed by atoms with van der Waals surface area (Å²) >= 11 is 0. The SMILES string of the molecule is C[C@H](NC(=O)OC(C)(C)C)C(=O)N1CCC[C@H]1C(=O)N[C@@H](Cc1ccccc1)C(=O)OCc1ccccc1. The van der Waals surface area contributed by atoms with Gasteiger partial charge < -0.3 is 25.0 Å². The van der Waals surface area contributed by atoms with E-state index in [4.69, 9.17) is 9.47 Å². The van der Waals surface area contributed by atoms with E-state index in [1.807, 2.05) is 60.7 Å². The summed E-state index contributed by atoms with van der Waals surface area (Å²) in [5.74, 6) is -1.38. The highest BCUT2D eigenvalue weighted by Crippen LogP contribution is 2.20. The number of ether oxygens (including phenoxy) is 2. The smallest absolute Gasteiger partial charge is 0.408 e. The Bertz CT molecular complexity index is 1100. The standard InChI is InChI=1S/C29H37N3O6/c1-20(30-28(36)38-29(2,3)4)26(34)32-17-11-16-24(32)25(33)31-23(18-21-12-7-5-8-13-21)27(35)37-19-22-14-9-6-10-15-22/h5-10,12-15,20,23-24H,11,16-19H2,1-4H3,(H,30,36)(H,31,33)/t20-,23-,24-/m0/s1. The summed E-state index contributed by atoms with van der Waals surface area (Å²) in [6, 6.07) is 16.1. The quantitative estimate of drug-likeness (QED) is 0.487. The van der Waals surface area contributed by atoms with Gasteiger partial charge in [0, 0.05) is 13.0 Å². The molecule has 9 heteroatoms. The van der Waals surface area contributed by atoms with Crippen LogP contribution in [0.3, 0.4) is 0 Å². The van der Waals surface area contributed by atoms with Gasteiger partial charge in [-0.3, -0.25) is 9.59 Å². The summed E-state index contributed by atoms with van der Waals surface area (Å²) in [5.41, 5.74) is 1.000. The molecule has 1 aliphatic heterocycles. The zero-order valence-electron chi connectivity index (χ0n) is 22.4. The number of nitrogens with zero attached hydrogens (tertiary/aromatic N) is 1. The van der Waals surface area contributed by atoms with Gasteiger partial charge in [0.2, 0.25) is 11.8 Å². The van der Waals surface area contributed by atoms with E-state index in [0.717, 1.165) is 11.1 Å². The molecule has 3 amide bonds. The fourth-order valence-corrected chi connectivity index (χ4v) is 4.24. The maximum Gasteiger partial charge on any atom is 0.408 e. The molecule has 2 aromatic carbocycles. The van der Waals surface area contributed by atoms with E-state index >= 15 is 0 Å². The molecule has 0 aromatic heterocycles. The number of carbonyl (C=O) groups is 4. The summed E-state index contributed by atoms with van der Waals surface area (Å²) in [6.07, 6.45) is 0.624. The maximum absolute atomic E-state index is 13.3. The van der Waals surface area contributed by atoms with Crippen LogP contribution in [0.4, 0.5) is 4.79 Å². The highest BCUT2D eigenvalue weighted by molar-refractivity contribution is 5.93. The first-order chi connectivity index (χ1) is 18.0. The molecular formula is C29H37N3O6. The average molecular weight is 524 g/mol. The lowest BCUT2D eigenvalue weighted by Gasteiger charge is -2.29. The lowest BCUT2D eigenvalue weighted by Crippen LogP contribution is -2.55. The molecule has 0 radical (unpaired) electrons. The second-order valence-corrected chi connectivity index (χ2v) is 10.4. The van der Waals surface area contributed by atoms with Crippen molar-refractivity contribution in [3.63, 3.8) is 0 Å². The number of hydrogen-bond donors (Lipinski definition) is 2. The second-order valence-electron chi connectivity index (χ2n) is 10.4.